The number of rotatable bonds is 7. The van der Waals surface area contributed by atoms with Gasteiger partial charge in [0, 0.05) is 12.1 Å². The number of benzene rings is 3. The summed E-state index contributed by atoms with van der Waals surface area (Å²) >= 11 is 0. The lowest BCUT2D eigenvalue weighted by Gasteiger charge is -2.12. The van der Waals surface area contributed by atoms with Crippen LogP contribution < -0.4 is 10.1 Å². The number of hydrogen-bond donors (Lipinski definition) is 1. The fourth-order valence-electron chi connectivity index (χ4n) is 2.93. The fraction of sp³-hybridized carbons (Fsp3) is 0.0870. The number of amides is 1. The van der Waals surface area contributed by atoms with Gasteiger partial charge >= 0.3 is 0 Å². The van der Waals surface area contributed by atoms with Gasteiger partial charge in [0.2, 0.25) is 0 Å². The van der Waals surface area contributed by atoms with E-state index in [1.807, 2.05) is 66.7 Å². The lowest BCUT2D eigenvalue weighted by molar-refractivity contribution is 0.0950. The third-order valence-corrected chi connectivity index (χ3v) is 4.51. The van der Waals surface area contributed by atoms with Gasteiger partial charge in [-0.15, -0.1) is 0 Å². The molecule has 0 aliphatic carbocycles. The molecule has 4 rings (SSSR count). The second-order valence-corrected chi connectivity index (χ2v) is 6.44. The van der Waals surface area contributed by atoms with E-state index in [1.165, 1.54) is 6.33 Å². The molecule has 1 N–H and O–H groups in total. The van der Waals surface area contributed by atoms with Crippen molar-refractivity contribution in [3.63, 3.8) is 0 Å². The number of carbonyl (C=O) groups excluding carboxylic acids is 1. The van der Waals surface area contributed by atoms with E-state index in [4.69, 9.17) is 4.74 Å². The summed E-state index contributed by atoms with van der Waals surface area (Å²) in [7, 11) is 0. The first-order valence-electron chi connectivity index (χ1n) is 9.27. The minimum absolute atomic E-state index is 0.131. The average Bonchev–Trinajstić information content (AvgIpc) is 3.32. The summed E-state index contributed by atoms with van der Waals surface area (Å²) in [6, 6.07) is 24.8. The van der Waals surface area contributed by atoms with Crippen LogP contribution in [0, 0.1) is 0 Å². The molecular formula is C23H20N4O2. The monoisotopic (exact) mass is 384 g/mol. The topological polar surface area (TPSA) is 69.0 Å². The Morgan fingerprint density at radius 2 is 1.62 bits per heavy atom. The van der Waals surface area contributed by atoms with Crippen LogP contribution in [0.25, 0.3) is 5.69 Å². The second kappa shape index (κ2) is 8.84. The molecule has 3 aromatic carbocycles. The Morgan fingerprint density at radius 1 is 0.897 bits per heavy atom. The molecule has 0 unspecified atom stereocenters. The minimum Gasteiger partial charge on any atom is -0.489 e. The number of para-hydroxylation sites is 1. The molecule has 0 saturated carbocycles. The van der Waals surface area contributed by atoms with E-state index in [0.717, 1.165) is 22.6 Å². The Hall–Kier alpha value is -3.93. The molecule has 0 atom stereocenters. The minimum atomic E-state index is -0.131. The number of nitrogens with one attached hydrogen (secondary N) is 1. The molecule has 0 radical (unpaired) electrons. The maximum atomic E-state index is 12.5. The molecule has 0 spiro atoms. The van der Waals surface area contributed by atoms with Crippen LogP contribution in [0.3, 0.4) is 0 Å². The van der Waals surface area contributed by atoms with E-state index in [0.29, 0.717) is 18.7 Å². The van der Waals surface area contributed by atoms with Crippen molar-refractivity contribution < 1.29 is 9.53 Å². The Labute approximate surface area is 168 Å². The molecule has 0 saturated heterocycles. The summed E-state index contributed by atoms with van der Waals surface area (Å²) in [5.74, 6) is 0.688. The van der Waals surface area contributed by atoms with Crippen LogP contribution in [-0.2, 0) is 13.2 Å². The molecule has 6 heteroatoms. The van der Waals surface area contributed by atoms with Crippen LogP contribution in [0.5, 0.6) is 5.75 Å². The van der Waals surface area contributed by atoms with E-state index in [2.05, 4.69) is 15.4 Å². The Bertz CT molecular complexity index is 1060. The molecule has 6 nitrogen and oxygen atoms in total. The van der Waals surface area contributed by atoms with Crippen molar-refractivity contribution >= 4 is 5.91 Å². The summed E-state index contributed by atoms with van der Waals surface area (Å²) in [6.07, 6.45) is 3.09. The first kappa shape index (κ1) is 18.4. The Kier molecular flexibility index (Phi) is 5.62. The lowest BCUT2D eigenvalue weighted by Crippen LogP contribution is -2.23. The van der Waals surface area contributed by atoms with Gasteiger partial charge < -0.3 is 10.1 Å². The van der Waals surface area contributed by atoms with E-state index < -0.39 is 0 Å². The van der Waals surface area contributed by atoms with Gasteiger partial charge in [-0.3, -0.25) is 4.79 Å². The molecular weight excluding hydrogens is 364 g/mol. The third-order valence-electron chi connectivity index (χ3n) is 4.51. The van der Waals surface area contributed by atoms with Gasteiger partial charge in [-0.1, -0.05) is 42.5 Å². The van der Waals surface area contributed by atoms with Crippen LogP contribution in [0.4, 0.5) is 0 Å². The van der Waals surface area contributed by atoms with Crippen LogP contribution in [0.1, 0.15) is 21.5 Å². The third kappa shape index (κ3) is 4.68. The van der Waals surface area contributed by atoms with Gasteiger partial charge in [-0.2, -0.15) is 5.10 Å². The zero-order valence-electron chi connectivity index (χ0n) is 15.7. The van der Waals surface area contributed by atoms with Crippen LogP contribution in [0.15, 0.2) is 91.5 Å². The zero-order chi connectivity index (χ0) is 19.9. The zero-order valence-corrected chi connectivity index (χ0v) is 15.7. The molecule has 0 aliphatic heterocycles. The van der Waals surface area contributed by atoms with Crippen molar-refractivity contribution in [3.8, 4) is 11.4 Å². The Balaban J connectivity index is 1.38. The van der Waals surface area contributed by atoms with Gasteiger partial charge in [0.15, 0.2) is 0 Å². The van der Waals surface area contributed by atoms with E-state index in [1.54, 1.807) is 23.1 Å². The number of carbonyl (C=O) groups is 1. The number of aromatic nitrogens is 3. The molecule has 4 aromatic rings. The standard InChI is InChI=1S/C23H20N4O2/c28-23(18-10-12-21(13-11-18)27-17-24-16-26-27)25-14-19-6-4-5-7-20(19)15-29-22-8-2-1-3-9-22/h1-13,16-17H,14-15H2,(H,25,28). The molecule has 144 valence electrons. The summed E-state index contributed by atoms with van der Waals surface area (Å²) in [6.45, 7) is 0.876. The number of nitrogens with zero attached hydrogens (tertiary/aromatic N) is 3. The molecule has 0 aliphatic rings. The highest BCUT2D eigenvalue weighted by Crippen LogP contribution is 2.15. The molecule has 0 bridgehead atoms. The van der Waals surface area contributed by atoms with Crippen LogP contribution >= 0.6 is 0 Å². The van der Waals surface area contributed by atoms with Gasteiger partial charge in [0.25, 0.3) is 5.91 Å². The van der Waals surface area contributed by atoms with Crippen molar-refractivity contribution in [2.45, 2.75) is 13.2 Å². The summed E-state index contributed by atoms with van der Waals surface area (Å²) in [4.78, 5) is 16.5. The number of ether oxygens (including phenoxy) is 1. The molecule has 1 aromatic heterocycles. The summed E-state index contributed by atoms with van der Waals surface area (Å²) in [5, 5.41) is 7.06. The highest BCUT2D eigenvalue weighted by Gasteiger charge is 2.08. The predicted octanol–water partition coefficient (Wildman–Crippen LogP) is 3.78. The number of hydrogen-bond acceptors (Lipinski definition) is 4. The maximum absolute atomic E-state index is 12.5. The summed E-state index contributed by atoms with van der Waals surface area (Å²) < 4.78 is 7.49. The van der Waals surface area contributed by atoms with Crippen molar-refractivity contribution in [1.82, 2.24) is 20.1 Å². The van der Waals surface area contributed by atoms with Gasteiger partial charge in [-0.25, -0.2) is 9.67 Å². The SMILES string of the molecule is O=C(NCc1ccccc1COc1ccccc1)c1ccc(-n2cncn2)cc1. The largest absolute Gasteiger partial charge is 0.489 e. The molecule has 1 heterocycles. The summed E-state index contributed by atoms with van der Waals surface area (Å²) in [5.41, 5.74) is 3.50. The van der Waals surface area contributed by atoms with Gasteiger partial charge in [0.1, 0.15) is 25.0 Å². The fourth-order valence-corrected chi connectivity index (χ4v) is 2.93. The highest BCUT2D eigenvalue weighted by atomic mass is 16.5. The highest BCUT2D eigenvalue weighted by molar-refractivity contribution is 5.94. The van der Waals surface area contributed by atoms with Crippen molar-refractivity contribution in [3.05, 3.63) is 108 Å². The maximum Gasteiger partial charge on any atom is 0.251 e. The van der Waals surface area contributed by atoms with Crippen LogP contribution in [0.2, 0.25) is 0 Å². The van der Waals surface area contributed by atoms with Crippen LogP contribution in [-0.4, -0.2) is 20.7 Å². The average molecular weight is 384 g/mol. The van der Waals surface area contributed by atoms with Crippen molar-refractivity contribution in [2.24, 2.45) is 0 Å². The van der Waals surface area contributed by atoms with Crippen molar-refractivity contribution in [2.75, 3.05) is 0 Å². The van der Waals surface area contributed by atoms with Crippen molar-refractivity contribution in [1.29, 1.82) is 0 Å². The van der Waals surface area contributed by atoms with Gasteiger partial charge in [-0.05, 0) is 47.5 Å². The molecule has 0 fully saturated rings. The van der Waals surface area contributed by atoms with E-state index >= 15 is 0 Å². The smallest absolute Gasteiger partial charge is 0.251 e. The Morgan fingerprint density at radius 3 is 2.34 bits per heavy atom. The quantitative estimate of drug-likeness (QED) is 0.527. The molecule has 1 amide bonds. The van der Waals surface area contributed by atoms with Gasteiger partial charge in [0.05, 0.1) is 5.69 Å². The lowest BCUT2D eigenvalue weighted by atomic mass is 10.1. The first-order valence-corrected chi connectivity index (χ1v) is 9.27. The molecule has 29 heavy (non-hydrogen) atoms. The predicted molar refractivity (Wildman–Crippen MR) is 110 cm³/mol. The van der Waals surface area contributed by atoms with E-state index in [-0.39, 0.29) is 5.91 Å². The first-order chi connectivity index (χ1) is 14.3. The normalized spacial score (nSPS) is 10.5. The van der Waals surface area contributed by atoms with E-state index in [9.17, 15) is 4.79 Å². The second-order valence-electron chi connectivity index (χ2n) is 6.44.